The van der Waals surface area contributed by atoms with Crippen molar-refractivity contribution in [3.63, 3.8) is 0 Å². The fourth-order valence-electron chi connectivity index (χ4n) is 2.37. The van der Waals surface area contributed by atoms with Gasteiger partial charge in [0.25, 0.3) is 0 Å². The third kappa shape index (κ3) is 2.36. The predicted molar refractivity (Wildman–Crippen MR) is 66.8 cm³/mol. The Morgan fingerprint density at radius 1 is 1.47 bits per heavy atom. The normalized spacial score (nSPS) is 22.9. The van der Waals surface area contributed by atoms with Crippen molar-refractivity contribution < 1.29 is 9.84 Å². The summed E-state index contributed by atoms with van der Waals surface area (Å²) in [5.41, 5.74) is 0.276. The number of nitrogens with zero attached hydrogens (tertiary/aromatic N) is 6. The zero-order valence-corrected chi connectivity index (χ0v) is 10.9. The smallest absolute Gasteiger partial charge is 0.200 e. The molecule has 102 valence electrons. The summed E-state index contributed by atoms with van der Waals surface area (Å²) < 4.78 is 7.18. The summed E-state index contributed by atoms with van der Waals surface area (Å²) in [5.74, 6) is 0.773. The summed E-state index contributed by atoms with van der Waals surface area (Å²) in [5, 5.41) is 24.9. The van der Waals surface area contributed by atoms with Crippen LogP contribution in [-0.2, 0) is 4.74 Å². The number of tetrazole rings is 1. The van der Waals surface area contributed by atoms with Crippen LogP contribution in [0.5, 0.6) is 0 Å². The maximum Gasteiger partial charge on any atom is 0.200 e. The standard InChI is InChI=1S/C11H16N6O2/c1-11(2)7-16(5-8(6-18)19-11)10-4-3-9-12-14-15-17(9)13-10/h3-4,8,18H,5-7H2,1-2H3. The summed E-state index contributed by atoms with van der Waals surface area (Å²) in [6.07, 6.45) is -0.213. The Kier molecular flexibility index (Phi) is 2.83. The van der Waals surface area contributed by atoms with Crippen molar-refractivity contribution in [2.45, 2.75) is 25.6 Å². The van der Waals surface area contributed by atoms with Gasteiger partial charge in [-0.2, -0.15) is 0 Å². The van der Waals surface area contributed by atoms with Crippen LogP contribution in [0.15, 0.2) is 12.1 Å². The van der Waals surface area contributed by atoms with E-state index in [1.54, 1.807) is 0 Å². The van der Waals surface area contributed by atoms with E-state index in [2.05, 4.69) is 25.5 Å². The Balaban J connectivity index is 1.91. The van der Waals surface area contributed by atoms with E-state index in [-0.39, 0.29) is 18.3 Å². The number of rotatable bonds is 2. The Hall–Kier alpha value is -1.80. The molecule has 0 amide bonds. The number of aliphatic hydroxyl groups excluding tert-OH is 1. The van der Waals surface area contributed by atoms with E-state index >= 15 is 0 Å². The second-order valence-electron chi connectivity index (χ2n) is 5.28. The zero-order valence-electron chi connectivity index (χ0n) is 10.9. The van der Waals surface area contributed by atoms with Gasteiger partial charge in [-0.05, 0) is 36.4 Å². The topological polar surface area (TPSA) is 88.7 Å². The molecule has 1 unspecified atom stereocenters. The molecule has 0 spiro atoms. The fraction of sp³-hybridized carbons (Fsp3) is 0.636. The summed E-state index contributed by atoms with van der Waals surface area (Å²) in [6.45, 7) is 5.28. The molecular weight excluding hydrogens is 248 g/mol. The number of anilines is 1. The average Bonchev–Trinajstić information content (AvgIpc) is 2.83. The lowest BCUT2D eigenvalue weighted by molar-refractivity contribution is -0.101. The third-order valence-electron chi connectivity index (χ3n) is 3.06. The maximum absolute atomic E-state index is 9.32. The number of hydrogen-bond acceptors (Lipinski definition) is 7. The summed E-state index contributed by atoms with van der Waals surface area (Å²) in [7, 11) is 0. The lowest BCUT2D eigenvalue weighted by Crippen LogP contribution is -2.54. The van der Waals surface area contributed by atoms with Crippen LogP contribution in [0.25, 0.3) is 5.65 Å². The number of morpholine rings is 1. The molecule has 3 rings (SSSR count). The molecule has 1 aliphatic rings. The molecule has 0 aliphatic carbocycles. The van der Waals surface area contributed by atoms with E-state index in [1.807, 2.05) is 26.0 Å². The minimum Gasteiger partial charge on any atom is -0.394 e. The molecular formula is C11H16N6O2. The number of aliphatic hydroxyl groups is 1. The van der Waals surface area contributed by atoms with Gasteiger partial charge >= 0.3 is 0 Å². The zero-order chi connectivity index (χ0) is 13.5. The van der Waals surface area contributed by atoms with Crippen molar-refractivity contribution in [2.75, 3.05) is 24.6 Å². The predicted octanol–water partition coefficient (Wildman–Crippen LogP) is -0.505. The van der Waals surface area contributed by atoms with E-state index in [1.165, 1.54) is 4.63 Å². The first-order valence-corrected chi connectivity index (χ1v) is 6.16. The van der Waals surface area contributed by atoms with Crippen molar-refractivity contribution in [2.24, 2.45) is 0 Å². The summed E-state index contributed by atoms with van der Waals surface area (Å²) in [4.78, 5) is 2.07. The van der Waals surface area contributed by atoms with Crippen molar-refractivity contribution >= 4 is 11.5 Å². The van der Waals surface area contributed by atoms with Crippen LogP contribution in [0.1, 0.15) is 13.8 Å². The highest BCUT2D eigenvalue weighted by atomic mass is 16.5. The first-order valence-electron chi connectivity index (χ1n) is 6.16. The lowest BCUT2D eigenvalue weighted by Gasteiger charge is -2.42. The van der Waals surface area contributed by atoms with Crippen molar-refractivity contribution in [3.05, 3.63) is 12.1 Å². The third-order valence-corrected chi connectivity index (χ3v) is 3.06. The SMILES string of the molecule is CC1(C)CN(c2ccc3nnnn3n2)CC(CO)O1. The molecule has 8 nitrogen and oxygen atoms in total. The number of aromatic nitrogens is 5. The molecule has 19 heavy (non-hydrogen) atoms. The Bertz CT molecular complexity index is 583. The van der Waals surface area contributed by atoms with E-state index in [4.69, 9.17) is 4.74 Å². The van der Waals surface area contributed by atoms with Crippen LogP contribution >= 0.6 is 0 Å². The van der Waals surface area contributed by atoms with Gasteiger partial charge < -0.3 is 14.7 Å². The van der Waals surface area contributed by atoms with Gasteiger partial charge in [0, 0.05) is 13.1 Å². The van der Waals surface area contributed by atoms with E-state index in [9.17, 15) is 5.11 Å². The molecule has 0 bridgehead atoms. The lowest BCUT2D eigenvalue weighted by atomic mass is 10.1. The highest BCUT2D eigenvalue weighted by molar-refractivity contribution is 5.45. The minimum absolute atomic E-state index is 0.00689. The van der Waals surface area contributed by atoms with Crippen LogP contribution in [-0.4, -0.2) is 61.8 Å². The molecule has 1 N–H and O–H groups in total. The van der Waals surface area contributed by atoms with E-state index < -0.39 is 0 Å². The highest BCUT2D eigenvalue weighted by Gasteiger charge is 2.33. The molecule has 0 radical (unpaired) electrons. The van der Waals surface area contributed by atoms with Crippen LogP contribution in [0.4, 0.5) is 5.82 Å². The van der Waals surface area contributed by atoms with E-state index in [0.717, 1.165) is 5.82 Å². The van der Waals surface area contributed by atoms with Crippen LogP contribution < -0.4 is 4.90 Å². The number of ether oxygens (including phenoxy) is 1. The monoisotopic (exact) mass is 264 g/mol. The summed E-state index contributed by atoms with van der Waals surface area (Å²) >= 11 is 0. The first-order chi connectivity index (χ1) is 9.07. The number of fused-ring (bicyclic) bond motifs is 1. The molecule has 1 fully saturated rings. The average molecular weight is 264 g/mol. The number of hydrogen-bond donors (Lipinski definition) is 1. The molecule has 2 aromatic rings. The molecule has 1 saturated heterocycles. The van der Waals surface area contributed by atoms with Gasteiger partial charge in [-0.15, -0.1) is 14.8 Å². The molecule has 2 aromatic heterocycles. The van der Waals surface area contributed by atoms with Gasteiger partial charge in [-0.1, -0.05) is 0 Å². The molecule has 3 heterocycles. The second kappa shape index (κ2) is 4.39. The highest BCUT2D eigenvalue weighted by Crippen LogP contribution is 2.24. The van der Waals surface area contributed by atoms with Crippen molar-refractivity contribution in [1.29, 1.82) is 0 Å². The maximum atomic E-state index is 9.32. The Labute approximate surface area is 110 Å². The van der Waals surface area contributed by atoms with Crippen molar-refractivity contribution in [3.8, 4) is 0 Å². The van der Waals surface area contributed by atoms with Crippen molar-refractivity contribution in [1.82, 2.24) is 25.3 Å². The van der Waals surface area contributed by atoms with Crippen LogP contribution in [0.2, 0.25) is 0 Å². The Morgan fingerprint density at radius 2 is 2.32 bits per heavy atom. The van der Waals surface area contributed by atoms with Gasteiger partial charge in [-0.25, -0.2) is 0 Å². The van der Waals surface area contributed by atoms with Gasteiger partial charge in [0.15, 0.2) is 11.5 Å². The van der Waals surface area contributed by atoms with Crippen LogP contribution in [0.3, 0.4) is 0 Å². The quantitative estimate of drug-likeness (QED) is 0.781. The minimum atomic E-state index is -0.330. The first kappa shape index (κ1) is 12.2. The summed E-state index contributed by atoms with van der Waals surface area (Å²) in [6, 6.07) is 3.69. The Morgan fingerprint density at radius 3 is 3.11 bits per heavy atom. The van der Waals surface area contributed by atoms with Gasteiger partial charge in [0.05, 0.1) is 18.3 Å². The largest absolute Gasteiger partial charge is 0.394 e. The molecule has 0 aromatic carbocycles. The van der Waals surface area contributed by atoms with Gasteiger partial charge in [-0.3, -0.25) is 0 Å². The fourth-order valence-corrected chi connectivity index (χ4v) is 2.37. The van der Waals surface area contributed by atoms with E-state index in [0.29, 0.717) is 18.7 Å². The van der Waals surface area contributed by atoms with Crippen LogP contribution in [0, 0.1) is 0 Å². The second-order valence-corrected chi connectivity index (χ2v) is 5.28. The molecule has 0 saturated carbocycles. The molecule has 1 aliphatic heterocycles. The van der Waals surface area contributed by atoms with Gasteiger partial charge in [0.1, 0.15) is 0 Å². The van der Waals surface area contributed by atoms with Gasteiger partial charge in [0.2, 0.25) is 0 Å². The molecule has 1 atom stereocenters. The molecule has 8 heteroatoms.